The number of nitrogens with zero attached hydrogens (tertiary/aromatic N) is 1. The van der Waals surface area contributed by atoms with Crippen LogP contribution < -0.4 is 0 Å². The van der Waals surface area contributed by atoms with Crippen molar-refractivity contribution < 1.29 is 18.5 Å². The topological polar surface area (TPSA) is 78.7 Å². The molecule has 0 saturated heterocycles. The first-order chi connectivity index (χ1) is 11.9. The molecule has 2 rings (SSSR count). The molecule has 134 valence electrons. The second-order valence-corrected chi connectivity index (χ2v) is 7.60. The molecule has 0 N–H and O–H groups in total. The molecule has 0 aliphatic heterocycles. The van der Waals surface area contributed by atoms with Gasteiger partial charge in [0.25, 0.3) is 5.69 Å². The average molecular weight is 363 g/mol. The van der Waals surface area contributed by atoms with E-state index in [9.17, 15) is 14.7 Å². The highest BCUT2D eigenvalue weighted by Crippen LogP contribution is 2.64. The van der Waals surface area contributed by atoms with Crippen molar-refractivity contribution in [2.45, 2.75) is 26.4 Å². The van der Waals surface area contributed by atoms with E-state index in [1.807, 2.05) is 30.3 Å². The molecule has 0 aliphatic carbocycles. The van der Waals surface area contributed by atoms with E-state index in [1.54, 1.807) is 26.8 Å². The molecule has 0 spiro atoms. The summed E-state index contributed by atoms with van der Waals surface area (Å²) in [4.78, 5) is 10.6. The summed E-state index contributed by atoms with van der Waals surface area (Å²) in [5.41, 5.74) is 1.50. The summed E-state index contributed by atoms with van der Waals surface area (Å²) >= 11 is 0. The van der Waals surface area contributed by atoms with Crippen LogP contribution in [-0.4, -0.2) is 18.1 Å². The minimum Gasteiger partial charge on any atom is -0.308 e. The zero-order chi connectivity index (χ0) is 18.4. The van der Waals surface area contributed by atoms with E-state index >= 15 is 0 Å². The van der Waals surface area contributed by atoms with E-state index in [4.69, 9.17) is 9.05 Å². The zero-order valence-electron chi connectivity index (χ0n) is 14.5. The van der Waals surface area contributed by atoms with Crippen LogP contribution in [0.15, 0.2) is 48.5 Å². The molecule has 2 aromatic carbocycles. The first-order valence-corrected chi connectivity index (χ1v) is 9.72. The summed E-state index contributed by atoms with van der Waals surface area (Å²) < 4.78 is 24.7. The van der Waals surface area contributed by atoms with E-state index in [0.717, 1.165) is 5.56 Å². The Bertz CT molecular complexity index is 768. The number of non-ortho nitro benzene ring substituents is 1. The maximum atomic E-state index is 13.5. The molecule has 0 saturated carbocycles. The fourth-order valence-corrected chi connectivity index (χ4v) is 5.05. The number of aryl methyl sites for hydroxylation is 1. The van der Waals surface area contributed by atoms with Gasteiger partial charge < -0.3 is 9.05 Å². The molecule has 1 atom stereocenters. The van der Waals surface area contributed by atoms with Gasteiger partial charge in [0.2, 0.25) is 0 Å². The lowest BCUT2D eigenvalue weighted by atomic mass is 9.99. The number of benzene rings is 2. The maximum Gasteiger partial charge on any atom is 0.342 e. The van der Waals surface area contributed by atoms with Gasteiger partial charge in [0.1, 0.15) is 5.66 Å². The fourth-order valence-electron chi connectivity index (χ4n) is 2.79. The summed E-state index contributed by atoms with van der Waals surface area (Å²) in [6.07, 6.45) is 0. The highest BCUT2D eigenvalue weighted by atomic mass is 31.2. The maximum absolute atomic E-state index is 13.5. The van der Waals surface area contributed by atoms with E-state index in [-0.39, 0.29) is 18.9 Å². The molecule has 6 nitrogen and oxygen atoms in total. The van der Waals surface area contributed by atoms with E-state index < -0.39 is 18.2 Å². The van der Waals surface area contributed by atoms with Crippen molar-refractivity contribution in [2.24, 2.45) is 0 Å². The van der Waals surface area contributed by atoms with Crippen LogP contribution >= 0.6 is 7.60 Å². The highest BCUT2D eigenvalue weighted by molar-refractivity contribution is 7.54. The fraction of sp³-hybridized carbons (Fsp3) is 0.333. The quantitative estimate of drug-likeness (QED) is 0.363. The van der Waals surface area contributed by atoms with Crippen LogP contribution in [0.4, 0.5) is 5.69 Å². The van der Waals surface area contributed by atoms with Gasteiger partial charge in [-0.05, 0) is 37.5 Å². The molecule has 0 bridgehead atoms. The Hall–Kier alpha value is -2.01. The van der Waals surface area contributed by atoms with Crippen LogP contribution in [0.3, 0.4) is 0 Å². The number of hydrogen-bond donors (Lipinski definition) is 0. The Labute approximate surface area is 147 Å². The minimum absolute atomic E-state index is 0.00397. The van der Waals surface area contributed by atoms with Crippen molar-refractivity contribution in [3.63, 3.8) is 0 Å². The predicted octanol–water partition coefficient (Wildman–Crippen LogP) is 5.26. The third kappa shape index (κ3) is 4.34. The summed E-state index contributed by atoms with van der Waals surface area (Å²) in [6, 6.07) is 13.8. The van der Waals surface area contributed by atoms with E-state index in [2.05, 4.69) is 0 Å². The van der Waals surface area contributed by atoms with Crippen molar-refractivity contribution in [3.05, 3.63) is 75.3 Å². The van der Waals surface area contributed by atoms with Gasteiger partial charge in [0, 0.05) is 12.1 Å². The smallest absolute Gasteiger partial charge is 0.308 e. The summed E-state index contributed by atoms with van der Waals surface area (Å²) in [5.74, 6) is 0. The van der Waals surface area contributed by atoms with Gasteiger partial charge in [-0.3, -0.25) is 14.7 Å². The van der Waals surface area contributed by atoms with Crippen LogP contribution in [0.1, 0.15) is 36.2 Å². The number of rotatable bonds is 8. The molecule has 7 heteroatoms. The largest absolute Gasteiger partial charge is 0.342 e. The molecule has 0 fully saturated rings. The molecule has 0 heterocycles. The number of nitro benzene ring substituents is 1. The standard InChI is InChI=1S/C18H22NO5P/c1-4-23-25(22,24-5-2)18(15-9-7-6-8-10-15)17-12-11-16(19(20)21)13-14(17)3/h6-13,18H,4-5H2,1-3H3. The van der Waals surface area contributed by atoms with E-state index in [1.165, 1.54) is 12.1 Å². The van der Waals surface area contributed by atoms with Crippen LogP contribution in [0, 0.1) is 17.0 Å². The lowest BCUT2D eigenvalue weighted by Gasteiger charge is -2.28. The van der Waals surface area contributed by atoms with Crippen molar-refractivity contribution in [1.82, 2.24) is 0 Å². The highest BCUT2D eigenvalue weighted by Gasteiger charge is 2.39. The van der Waals surface area contributed by atoms with Gasteiger partial charge in [-0.25, -0.2) is 0 Å². The Morgan fingerprint density at radius 1 is 1.08 bits per heavy atom. The SMILES string of the molecule is CCOP(=O)(OCC)C(c1ccccc1)c1ccc([N+](=O)[O-])cc1C. The first kappa shape index (κ1) is 19.3. The van der Waals surface area contributed by atoms with Gasteiger partial charge in [-0.2, -0.15) is 0 Å². The molecule has 0 aromatic heterocycles. The molecule has 25 heavy (non-hydrogen) atoms. The average Bonchev–Trinajstić information content (AvgIpc) is 2.57. The van der Waals surface area contributed by atoms with Gasteiger partial charge in [-0.15, -0.1) is 0 Å². The van der Waals surface area contributed by atoms with Crippen LogP contribution in [0.5, 0.6) is 0 Å². The first-order valence-electron chi connectivity index (χ1n) is 8.11. The molecule has 1 unspecified atom stereocenters. The minimum atomic E-state index is -3.51. The molecule has 0 radical (unpaired) electrons. The van der Waals surface area contributed by atoms with Crippen molar-refractivity contribution >= 4 is 13.3 Å². The third-order valence-electron chi connectivity index (χ3n) is 3.81. The summed E-state index contributed by atoms with van der Waals surface area (Å²) in [6.45, 7) is 5.77. The van der Waals surface area contributed by atoms with Crippen molar-refractivity contribution in [1.29, 1.82) is 0 Å². The van der Waals surface area contributed by atoms with Crippen LogP contribution in [-0.2, 0) is 13.6 Å². The van der Waals surface area contributed by atoms with Crippen LogP contribution in [0.25, 0.3) is 0 Å². The van der Waals surface area contributed by atoms with Gasteiger partial charge in [-0.1, -0.05) is 36.4 Å². The Balaban J connectivity index is 2.64. The van der Waals surface area contributed by atoms with Gasteiger partial charge in [0.05, 0.1) is 18.1 Å². The number of hydrogen-bond acceptors (Lipinski definition) is 5. The Morgan fingerprint density at radius 3 is 2.16 bits per heavy atom. The second-order valence-electron chi connectivity index (χ2n) is 5.49. The lowest BCUT2D eigenvalue weighted by Crippen LogP contribution is -2.10. The molecule has 0 amide bonds. The van der Waals surface area contributed by atoms with Crippen LogP contribution in [0.2, 0.25) is 0 Å². The zero-order valence-corrected chi connectivity index (χ0v) is 15.4. The molecular weight excluding hydrogens is 341 g/mol. The van der Waals surface area contributed by atoms with Gasteiger partial charge >= 0.3 is 7.60 Å². The normalized spacial score (nSPS) is 12.8. The van der Waals surface area contributed by atoms with Crippen molar-refractivity contribution in [2.75, 3.05) is 13.2 Å². The summed E-state index contributed by atoms with van der Waals surface area (Å²) in [7, 11) is -3.51. The second kappa shape index (κ2) is 8.39. The van der Waals surface area contributed by atoms with E-state index in [0.29, 0.717) is 11.1 Å². The molecular formula is C18H22NO5P. The Kier molecular flexibility index (Phi) is 6.48. The molecule has 0 aliphatic rings. The Morgan fingerprint density at radius 2 is 1.68 bits per heavy atom. The predicted molar refractivity (Wildman–Crippen MR) is 97.0 cm³/mol. The van der Waals surface area contributed by atoms with Gasteiger partial charge in [0.15, 0.2) is 0 Å². The third-order valence-corrected chi connectivity index (χ3v) is 6.25. The number of nitro groups is 1. The molecule has 2 aromatic rings. The van der Waals surface area contributed by atoms with Crippen molar-refractivity contribution in [3.8, 4) is 0 Å². The monoisotopic (exact) mass is 363 g/mol. The lowest BCUT2D eigenvalue weighted by molar-refractivity contribution is -0.384. The summed E-state index contributed by atoms with van der Waals surface area (Å²) in [5, 5.41) is 11.0.